The van der Waals surface area contributed by atoms with Crippen LogP contribution in [0.4, 0.5) is 0 Å². The van der Waals surface area contributed by atoms with E-state index in [4.69, 9.17) is 4.74 Å². The maximum atomic E-state index is 6.60. The van der Waals surface area contributed by atoms with Gasteiger partial charge in [-0.05, 0) is 64.8 Å². The molecule has 0 saturated heterocycles. The first-order valence-corrected chi connectivity index (χ1v) is 8.68. The van der Waals surface area contributed by atoms with Crippen LogP contribution in [-0.2, 0) is 0 Å². The van der Waals surface area contributed by atoms with Gasteiger partial charge in [0, 0.05) is 31.1 Å². The molecule has 1 spiro atoms. The van der Waals surface area contributed by atoms with E-state index in [-0.39, 0.29) is 5.60 Å². The predicted octanol–water partition coefficient (Wildman–Crippen LogP) is 3.59. The van der Waals surface area contributed by atoms with Gasteiger partial charge in [-0.25, -0.2) is 0 Å². The molecule has 1 aromatic carbocycles. The van der Waals surface area contributed by atoms with E-state index in [0.29, 0.717) is 6.04 Å². The average molecular weight is 302 g/mol. The number of nitrogens with one attached hydrogen (secondary N) is 1. The molecule has 122 valence electrons. The molecule has 0 radical (unpaired) electrons. The highest BCUT2D eigenvalue weighted by molar-refractivity contribution is 5.48. The number of hydrogen-bond donors (Lipinski definition) is 1. The van der Waals surface area contributed by atoms with Gasteiger partial charge < -0.3 is 15.0 Å². The van der Waals surface area contributed by atoms with Crippen molar-refractivity contribution in [2.24, 2.45) is 0 Å². The highest BCUT2D eigenvalue weighted by Crippen LogP contribution is 2.48. The number of benzene rings is 1. The Morgan fingerprint density at radius 2 is 1.95 bits per heavy atom. The Kier molecular flexibility index (Phi) is 4.47. The highest BCUT2D eigenvalue weighted by Gasteiger charge is 2.43. The topological polar surface area (TPSA) is 24.5 Å². The maximum Gasteiger partial charge on any atom is 0.128 e. The van der Waals surface area contributed by atoms with Gasteiger partial charge in [0.25, 0.3) is 0 Å². The van der Waals surface area contributed by atoms with Crippen LogP contribution in [0.3, 0.4) is 0 Å². The third kappa shape index (κ3) is 3.02. The van der Waals surface area contributed by atoms with Crippen molar-refractivity contribution in [1.82, 2.24) is 10.2 Å². The molecule has 1 fully saturated rings. The fourth-order valence-corrected chi connectivity index (χ4v) is 3.93. The van der Waals surface area contributed by atoms with Crippen molar-refractivity contribution in [3.63, 3.8) is 0 Å². The smallest absolute Gasteiger partial charge is 0.128 e. The SMILES string of the molecule is Cc1ccc2c(c1C)OC1(CCCC1)CC2NCCN(C)C. The first-order valence-electron chi connectivity index (χ1n) is 8.68. The lowest BCUT2D eigenvalue weighted by Gasteiger charge is -2.41. The molecule has 3 heteroatoms. The van der Waals surface area contributed by atoms with Crippen molar-refractivity contribution >= 4 is 0 Å². The Labute approximate surface area is 135 Å². The molecule has 0 bridgehead atoms. The quantitative estimate of drug-likeness (QED) is 0.920. The third-order valence-electron chi connectivity index (χ3n) is 5.44. The van der Waals surface area contributed by atoms with Crippen molar-refractivity contribution in [2.75, 3.05) is 27.2 Å². The summed E-state index contributed by atoms with van der Waals surface area (Å²) in [6, 6.07) is 4.94. The second kappa shape index (κ2) is 6.21. The number of likely N-dealkylation sites (N-methyl/N-ethyl adjacent to an activating group) is 1. The molecule has 3 rings (SSSR count). The molecule has 1 N–H and O–H groups in total. The third-order valence-corrected chi connectivity index (χ3v) is 5.44. The molecule has 1 heterocycles. The molecule has 3 nitrogen and oxygen atoms in total. The van der Waals surface area contributed by atoms with Crippen molar-refractivity contribution in [3.05, 3.63) is 28.8 Å². The van der Waals surface area contributed by atoms with Gasteiger partial charge in [-0.15, -0.1) is 0 Å². The highest BCUT2D eigenvalue weighted by atomic mass is 16.5. The molecular weight excluding hydrogens is 272 g/mol. The summed E-state index contributed by atoms with van der Waals surface area (Å²) in [5, 5.41) is 3.79. The van der Waals surface area contributed by atoms with Gasteiger partial charge in [0.15, 0.2) is 0 Å². The van der Waals surface area contributed by atoms with Crippen LogP contribution >= 0.6 is 0 Å². The molecule has 1 saturated carbocycles. The van der Waals surface area contributed by atoms with E-state index >= 15 is 0 Å². The predicted molar refractivity (Wildman–Crippen MR) is 91.7 cm³/mol. The zero-order valence-electron chi connectivity index (χ0n) is 14.5. The van der Waals surface area contributed by atoms with Crippen LogP contribution < -0.4 is 10.1 Å². The standard InChI is InChI=1S/C19H30N2O/c1-14-7-8-16-17(20-11-12-21(3)4)13-19(9-5-6-10-19)22-18(16)15(14)2/h7-8,17,20H,5-6,9-13H2,1-4H3. The zero-order valence-corrected chi connectivity index (χ0v) is 14.5. The number of hydrogen-bond acceptors (Lipinski definition) is 3. The number of nitrogens with zero attached hydrogens (tertiary/aromatic N) is 1. The molecule has 22 heavy (non-hydrogen) atoms. The van der Waals surface area contributed by atoms with E-state index in [2.05, 4.69) is 50.3 Å². The Balaban J connectivity index is 1.87. The summed E-state index contributed by atoms with van der Waals surface area (Å²) in [6.07, 6.45) is 6.17. The van der Waals surface area contributed by atoms with Gasteiger partial charge in [0.1, 0.15) is 11.4 Å². The van der Waals surface area contributed by atoms with Gasteiger partial charge in [-0.1, -0.05) is 12.1 Å². The minimum absolute atomic E-state index is 0.0847. The average Bonchev–Trinajstić information content (AvgIpc) is 2.91. The van der Waals surface area contributed by atoms with Gasteiger partial charge in [-0.3, -0.25) is 0 Å². The lowest BCUT2D eigenvalue weighted by atomic mass is 9.84. The van der Waals surface area contributed by atoms with E-state index < -0.39 is 0 Å². The second-order valence-electron chi connectivity index (χ2n) is 7.43. The number of rotatable bonds is 4. The Morgan fingerprint density at radius 1 is 1.23 bits per heavy atom. The van der Waals surface area contributed by atoms with Crippen LogP contribution in [0.15, 0.2) is 12.1 Å². The number of fused-ring (bicyclic) bond motifs is 1. The van der Waals surface area contributed by atoms with E-state index in [1.54, 1.807) is 0 Å². The summed E-state index contributed by atoms with van der Waals surface area (Å²) in [5.74, 6) is 1.16. The molecule has 2 aliphatic rings. The van der Waals surface area contributed by atoms with Crippen molar-refractivity contribution in [1.29, 1.82) is 0 Å². The lowest BCUT2D eigenvalue weighted by molar-refractivity contribution is 0.0357. The molecule has 1 unspecified atom stereocenters. The fraction of sp³-hybridized carbons (Fsp3) is 0.684. The normalized spacial score (nSPS) is 22.9. The summed E-state index contributed by atoms with van der Waals surface area (Å²) in [6.45, 7) is 6.49. The fourth-order valence-electron chi connectivity index (χ4n) is 3.93. The minimum atomic E-state index is 0.0847. The van der Waals surface area contributed by atoms with Crippen LogP contribution in [0, 0.1) is 13.8 Å². The summed E-state index contributed by atoms with van der Waals surface area (Å²) in [4.78, 5) is 2.24. The van der Waals surface area contributed by atoms with Crippen LogP contribution in [0.25, 0.3) is 0 Å². The molecule has 1 aromatic rings. The van der Waals surface area contributed by atoms with Crippen LogP contribution in [0.2, 0.25) is 0 Å². The zero-order chi connectivity index (χ0) is 15.7. The van der Waals surface area contributed by atoms with Crippen molar-refractivity contribution in [2.45, 2.75) is 57.6 Å². The molecule has 1 aliphatic heterocycles. The van der Waals surface area contributed by atoms with Crippen LogP contribution in [0.5, 0.6) is 5.75 Å². The molecule has 1 aliphatic carbocycles. The van der Waals surface area contributed by atoms with Gasteiger partial charge in [0.05, 0.1) is 0 Å². The minimum Gasteiger partial charge on any atom is -0.487 e. The number of ether oxygens (including phenoxy) is 1. The second-order valence-corrected chi connectivity index (χ2v) is 7.43. The van der Waals surface area contributed by atoms with Crippen LogP contribution in [0.1, 0.15) is 54.8 Å². The Morgan fingerprint density at radius 3 is 2.64 bits per heavy atom. The first kappa shape index (κ1) is 15.8. The Hall–Kier alpha value is -1.06. The van der Waals surface area contributed by atoms with Gasteiger partial charge >= 0.3 is 0 Å². The van der Waals surface area contributed by atoms with Gasteiger partial charge in [-0.2, -0.15) is 0 Å². The van der Waals surface area contributed by atoms with E-state index in [0.717, 1.165) is 25.3 Å². The molecule has 1 atom stereocenters. The summed E-state index contributed by atoms with van der Waals surface area (Å²) < 4.78 is 6.60. The Bertz CT molecular complexity index is 532. The molecule has 0 amide bonds. The summed E-state index contributed by atoms with van der Waals surface area (Å²) >= 11 is 0. The summed E-state index contributed by atoms with van der Waals surface area (Å²) in [5.41, 5.74) is 4.10. The largest absolute Gasteiger partial charge is 0.487 e. The van der Waals surface area contributed by atoms with Gasteiger partial charge in [0.2, 0.25) is 0 Å². The maximum absolute atomic E-state index is 6.60. The van der Waals surface area contributed by atoms with E-state index in [9.17, 15) is 0 Å². The monoisotopic (exact) mass is 302 g/mol. The van der Waals surface area contributed by atoms with Crippen LogP contribution in [-0.4, -0.2) is 37.7 Å². The number of aryl methyl sites for hydroxylation is 1. The molecule has 0 aromatic heterocycles. The first-order chi connectivity index (χ1) is 10.5. The van der Waals surface area contributed by atoms with Crippen molar-refractivity contribution in [3.8, 4) is 5.75 Å². The summed E-state index contributed by atoms with van der Waals surface area (Å²) in [7, 11) is 4.26. The molecular formula is C19H30N2O. The van der Waals surface area contributed by atoms with Crippen molar-refractivity contribution < 1.29 is 4.74 Å². The van der Waals surface area contributed by atoms with E-state index in [1.165, 1.54) is 42.4 Å². The lowest BCUT2D eigenvalue weighted by Crippen LogP contribution is -2.43. The van der Waals surface area contributed by atoms with E-state index in [1.807, 2.05) is 0 Å².